The number of amides is 1. The summed E-state index contributed by atoms with van der Waals surface area (Å²) in [5.74, 6) is -3.01. The molecule has 0 spiro atoms. The van der Waals surface area contributed by atoms with E-state index < -0.39 is 40.8 Å². The van der Waals surface area contributed by atoms with Gasteiger partial charge < -0.3 is 20.1 Å². The Bertz CT molecular complexity index is 916. The molecule has 1 heterocycles. The fourth-order valence-corrected chi connectivity index (χ4v) is 2.42. The van der Waals surface area contributed by atoms with Crippen molar-refractivity contribution < 1.29 is 37.0 Å². The Kier molecular flexibility index (Phi) is 5.92. The molecule has 0 fully saturated rings. The van der Waals surface area contributed by atoms with Crippen LogP contribution in [-0.4, -0.2) is 32.1 Å². The van der Waals surface area contributed by atoms with Crippen LogP contribution in [0.5, 0.6) is 0 Å². The van der Waals surface area contributed by atoms with Crippen molar-refractivity contribution in [3.63, 3.8) is 0 Å². The van der Waals surface area contributed by atoms with Gasteiger partial charge in [-0.1, -0.05) is 6.08 Å². The van der Waals surface area contributed by atoms with Gasteiger partial charge in [-0.05, 0) is 30.4 Å². The van der Waals surface area contributed by atoms with E-state index in [4.69, 9.17) is 5.73 Å². The lowest BCUT2D eigenvalue weighted by molar-refractivity contribution is -0.139. The first-order chi connectivity index (χ1) is 13.1. The third-order valence-electron chi connectivity index (χ3n) is 3.70. The summed E-state index contributed by atoms with van der Waals surface area (Å²) in [6, 6.07) is 2.36. The van der Waals surface area contributed by atoms with E-state index in [9.17, 15) is 27.6 Å². The Labute approximate surface area is 157 Å². The first-order valence-electron chi connectivity index (χ1n) is 7.67. The van der Waals surface area contributed by atoms with Crippen molar-refractivity contribution in [3.05, 3.63) is 65.0 Å². The lowest BCUT2D eigenvalue weighted by Crippen LogP contribution is -2.27. The molecule has 7 nitrogen and oxygen atoms in total. The molecule has 0 aliphatic carbocycles. The highest BCUT2D eigenvalue weighted by Gasteiger charge is 2.34. The van der Waals surface area contributed by atoms with Gasteiger partial charge in [0.1, 0.15) is 5.70 Å². The third kappa shape index (κ3) is 4.22. The number of esters is 2. The lowest BCUT2D eigenvalue weighted by Gasteiger charge is -2.24. The number of ether oxygens (including phenoxy) is 2. The van der Waals surface area contributed by atoms with Crippen LogP contribution in [0.15, 0.2) is 53.9 Å². The number of primary amides is 1. The van der Waals surface area contributed by atoms with E-state index in [1.165, 1.54) is 24.4 Å². The van der Waals surface area contributed by atoms with Crippen molar-refractivity contribution in [1.82, 2.24) is 0 Å². The molecule has 1 aliphatic rings. The fraction of sp³-hybridized carbons (Fsp3) is 0.167. The largest absolute Gasteiger partial charge is 0.465 e. The number of allylic oxidation sites excluding steroid dienone is 2. The van der Waals surface area contributed by atoms with Gasteiger partial charge in [-0.15, -0.1) is 0 Å². The lowest BCUT2D eigenvalue weighted by atomic mass is 10.1. The van der Waals surface area contributed by atoms with Crippen molar-refractivity contribution in [3.8, 4) is 0 Å². The number of carbonyl (C=O) groups excluding carboxylic acids is 3. The number of halogens is 3. The molecule has 2 N–H and O–H groups in total. The molecule has 10 heteroatoms. The van der Waals surface area contributed by atoms with Gasteiger partial charge in [0.05, 0.1) is 25.4 Å². The average molecular weight is 396 g/mol. The zero-order valence-electron chi connectivity index (χ0n) is 14.7. The molecule has 0 radical (unpaired) electrons. The number of nitrogens with two attached hydrogens (primary N) is 1. The maximum absolute atomic E-state index is 13.3. The minimum Gasteiger partial charge on any atom is -0.465 e. The number of benzene rings is 1. The van der Waals surface area contributed by atoms with Crippen LogP contribution < -0.4 is 10.6 Å². The van der Waals surface area contributed by atoms with Crippen LogP contribution in [0.1, 0.15) is 15.9 Å². The normalized spacial score (nSPS) is 14.0. The Morgan fingerprint density at radius 3 is 2.18 bits per heavy atom. The van der Waals surface area contributed by atoms with Gasteiger partial charge in [0.2, 0.25) is 5.91 Å². The van der Waals surface area contributed by atoms with Gasteiger partial charge in [-0.25, -0.2) is 9.59 Å². The number of hydrogen-bond donors (Lipinski definition) is 1. The van der Waals surface area contributed by atoms with Crippen molar-refractivity contribution in [1.29, 1.82) is 0 Å². The average Bonchev–Trinajstić information content (AvgIpc) is 2.88. The Morgan fingerprint density at radius 2 is 1.64 bits per heavy atom. The van der Waals surface area contributed by atoms with Gasteiger partial charge in [-0.3, -0.25) is 4.79 Å². The van der Waals surface area contributed by atoms with Crippen molar-refractivity contribution in [2.24, 2.45) is 5.73 Å². The summed E-state index contributed by atoms with van der Waals surface area (Å²) >= 11 is 0. The first kappa shape index (κ1) is 20.7. The summed E-state index contributed by atoms with van der Waals surface area (Å²) in [7, 11) is 2.12. The smallest absolute Gasteiger partial charge is 0.416 e. The first-order valence-corrected chi connectivity index (χ1v) is 7.67. The van der Waals surface area contributed by atoms with Crippen LogP contribution in [0.25, 0.3) is 0 Å². The number of methoxy groups -OCH3 is 2. The maximum atomic E-state index is 13.3. The highest BCUT2D eigenvalue weighted by molar-refractivity contribution is 6.05. The minimum atomic E-state index is -4.78. The molecule has 1 aromatic carbocycles. The van der Waals surface area contributed by atoms with E-state index in [2.05, 4.69) is 9.47 Å². The molecule has 0 saturated heterocycles. The molecule has 0 saturated carbocycles. The van der Waals surface area contributed by atoms with Gasteiger partial charge >= 0.3 is 18.1 Å². The molecule has 0 aromatic heterocycles. The van der Waals surface area contributed by atoms with Crippen molar-refractivity contribution >= 4 is 23.5 Å². The monoisotopic (exact) mass is 396 g/mol. The van der Waals surface area contributed by atoms with Crippen LogP contribution in [0.3, 0.4) is 0 Å². The predicted molar refractivity (Wildman–Crippen MR) is 91.8 cm³/mol. The summed E-state index contributed by atoms with van der Waals surface area (Å²) < 4.78 is 49.1. The molecule has 0 atom stereocenters. The highest BCUT2D eigenvalue weighted by Crippen LogP contribution is 2.35. The molecule has 148 valence electrons. The Morgan fingerprint density at radius 1 is 1.00 bits per heavy atom. The van der Waals surface area contributed by atoms with Crippen molar-refractivity contribution in [2.75, 3.05) is 19.1 Å². The zero-order chi connectivity index (χ0) is 21.1. The summed E-state index contributed by atoms with van der Waals surface area (Å²) in [6.45, 7) is 0. The topological polar surface area (TPSA) is 98.9 Å². The molecule has 1 amide bonds. The summed E-state index contributed by atoms with van der Waals surface area (Å²) in [4.78, 5) is 36.9. The standard InChI is InChI=1S/C18H15F3N2O5/c1-27-16(25)13-5-3-4-6-23(14(13)17(26)28-2)12-8-10(15(22)24)7-11(9-12)18(19,20)21/h3-9H,1-2H3,(H2,22,24). The molecule has 2 rings (SSSR count). The van der Waals surface area contributed by atoms with Crippen LogP contribution >= 0.6 is 0 Å². The summed E-state index contributed by atoms with van der Waals surface area (Å²) in [5.41, 5.74) is 2.67. The molecular formula is C18H15F3N2O5. The number of hydrogen-bond acceptors (Lipinski definition) is 6. The number of nitrogens with zero attached hydrogens (tertiary/aromatic N) is 1. The number of carbonyl (C=O) groups is 3. The second kappa shape index (κ2) is 7.99. The SMILES string of the molecule is COC(=O)C1=C(C(=O)OC)N(c2cc(C(N)=O)cc(C(F)(F)F)c2)C=CC=C1. The van der Waals surface area contributed by atoms with Gasteiger partial charge in [-0.2, -0.15) is 13.2 Å². The second-order valence-electron chi connectivity index (χ2n) is 5.45. The van der Waals surface area contributed by atoms with Crippen LogP contribution in [-0.2, 0) is 25.2 Å². The molecule has 0 bridgehead atoms. The molecule has 1 aromatic rings. The Hall–Kier alpha value is -3.56. The third-order valence-corrected chi connectivity index (χ3v) is 3.70. The van der Waals surface area contributed by atoms with Gasteiger partial charge in [0.15, 0.2) is 0 Å². The van der Waals surface area contributed by atoms with E-state index in [0.717, 1.165) is 25.2 Å². The zero-order valence-corrected chi connectivity index (χ0v) is 14.7. The highest BCUT2D eigenvalue weighted by atomic mass is 19.4. The van der Waals surface area contributed by atoms with Crippen LogP contribution in [0, 0.1) is 0 Å². The quantitative estimate of drug-likeness (QED) is 0.784. The van der Waals surface area contributed by atoms with Crippen LogP contribution in [0.2, 0.25) is 0 Å². The molecular weight excluding hydrogens is 381 g/mol. The van der Waals surface area contributed by atoms with E-state index in [1.807, 2.05) is 0 Å². The van der Waals surface area contributed by atoms with E-state index >= 15 is 0 Å². The Balaban J connectivity index is 2.79. The number of anilines is 1. The predicted octanol–water partition coefficient (Wildman–Crippen LogP) is 2.29. The van der Waals surface area contributed by atoms with Crippen LogP contribution in [0.4, 0.5) is 18.9 Å². The number of alkyl halides is 3. The van der Waals surface area contributed by atoms with E-state index in [-0.39, 0.29) is 11.3 Å². The summed E-state index contributed by atoms with van der Waals surface area (Å²) in [6.07, 6.45) is 0.464. The second-order valence-corrected chi connectivity index (χ2v) is 5.45. The van der Waals surface area contributed by atoms with Crippen molar-refractivity contribution in [2.45, 2.75) is 6.18 Å². The summed E-state index contributed by atoms with van der Waals surface area (Å²) in [5, 5.41) is 0. The number of rotatable bonds is 4. The van der Waals surface area contributed by atoms with E-state index in [0.29, 0.717) is 12.1 Å². The molecule has 0 unspecified atom stereocenters. The fourth-order valence-electron chi connectivity index (χ4n) is 2.42. The molecule has 28 heavy (non-hydrogen) atoms. The van der Waals surface area contributed by atoms with Gasteiger partial charge in [0, 0.05) is 17.5 Å². The minimum absolute atomic E-state index is 0.231. The maximum Gasteiger partial charge on any atom is 0.416 e. The van der Waals surface area contributed by atoms with Gasteiger partial charge in [0.25, 0.3) is 0 Å². The van der Waals surface area contributed by atoms with E-state index in [1.54, 1.807) is 0 Å². The molecule has 1 aliphatic heterocycles.